The van der Waals surface area contributed by atoms with Crippen molar-refractivity contribution in [2.45, 2.75) is 91.8 Å². The fourth-order valence-electron chi connectivity index (χ4n) is 1.52. The van der Waals surface area contributed by atoms with Gasteiger partial charge in [0.1, 0.15) is 0 Å². The molecule has 0 bridgehead atoms. The van der Waals surface area contributed by atoms with Crippen LogP contribution >= 0.6 is 0 Å². The molecule has 56 heavy (non-hydrogen) atoms. The van der Waals surface area contributed by atoms with Crippen molar-refractivity contribution in [3.63, 3.8) is 0 Å². The molecule has 2 aliphatic rings. The zero-order valence-corrected chi connectivity index (χ0v) is 44.8. The third kappa shape index (κ3) is 199. The van der Waals surface area contributed by atoms with Crippen molar-refractivity contribution in [1.29, 1.82) is 0 Å². The zero-order chi connectivity index (χ0) is 42.2. The second-order valence-corrected chi connectivity index (χ2v) is 8.91. The Labute approximate surface area is 433 Å². The van der Waals surface area contributed by atoms with Gasteiger partial charge in [0, 0.05) is 33.0 Å². The predicted octanol–water partition coefficient (Wildman–Crippen LogP) is -13.3. The normalized spacial score (nSPS) is 11.7. The van der Waals surface area contributed by atoms with Crippen molar-refractivity contribution in [2.24, 2.45) is 0 Å². The third-order valence-electron chi connectivity index (χ3n) is 3.75. The first-order valence-corrected chi connectivity index (χ1v) is 17.8. The van der Waals surface area contributed by atoms with Gasteiger partial charge in [-0.3, -0.25) is 0 Å². The zero-order valence-electron chi connectivity index (χ0n) is 40.8. The van der Waals surface area contributed by atoms with Crippen LogP contribution in [-0.4, -0.2) is 202 Å². The third-order valence-corrected chi connectivity index (χ3v) is 3.75. The van der Waals surface area contributed by atoms with E-state index in [-0.39, 0.29) is 203 Å². The number of rotatable bonds is 12. The molecule has 0 aromatic heterocycles. The number of allylic oxidation sites excluding steroid dienone is 1. The Hall–Kier alpha value is 2.86. The minimum absolute atomic E-state index is 0. The molecule has 0 saturated carbocycles. The van der Waals surface area contributed by atoms with Gasteiger partial charge in [-0.15, -0.1) is 0 Å². The molecule has 1 unspecified atom stereocenters. The van der Waals surface area contributed by atoms with Crippen LogP contribution in [0.25, 0.3) is 0 Å². The molecule has 22 heteroatoms. The molecule has 2 heterocycles. The molecule has 1 saturated heterocycles. The van der Waals surface area contributed by atoms with Gasteiger partial charge >= 0.3 is 118 Å². The molecule has 0 amide bonds. The molecule has 0 radical (unpaired) electrons. The van der Waals surface area contributed by atoms with Crippen LogP contribution in [-0.2, 0) is 14.2 Å². The minimum atomic E-state index is -0.125. The van der Waals surface area contributed by atoms with E-state index in [1.165, 1.54) is 19.3 Å². The molecular formula is C34H88Na4O18. The van der Waals surface area contributed by atoms with E-state index in [1.54, 1.807) is 6.26 Å². The van der Waals surface area contributed by atoms with Crippen LogP contribution in [0.2, 0.25) is 0 Å². The van der Waals surface area contributed by atoms with Crippen LogP contribution < -0.4 is 118 Å². The van der Waals surface area contributed by atoms with Crippen molar-refractivity contribution in [2.75, 3.05) is 119 Å². The number of aliphatic hydroxyl groups is 15. The standard InChI is InChI=1S/C7H14O3.C5H8O.4C3H8O.5C2H6O2.4Na.4H/c8-4-6-10-7-3-1-2-5-9-7;1-2-4-6-5-3-1;4*1-2-3-4;5*3-1-2-4;;;;;;;;/h7-8H,1-6H2;2,4H,1,3,5H2;4*4H,2-3H2,1H3;5*3-4H,1-2H2;;;;;;;;/q;;;;;;;;;;;4*+1;4*-1. The second kappa shape index (κ2) is 131. The van der Waals surface area contributed by atoms with Gasteiger partial charge in [-0.25, -0.2) is 0 Å². The van der Waals surface area contributed by atoms with Crippen molar-refractivity contribution in [3.8, 4) is 0 Å². The molecule has 0 aromatic carbocycles. The van der Waals surface area contributed by atoms with E-state index in [4.69, 9.17) is 90.8 Å². The van der Waals surface area contributed by atoms with E-state index >= 15 is 0 Å². The molecule has 0 aromatic rings. The van der Waals surface area contributed by atoms with Gasteiger partial charge in [-0.05, 0) is 63.9 Å². The molecule has 15 N–H and O–H groups in total. The molecule has 18 nitrogen and oxygen atoms in total. The van der Waals surface area contributed by atoms with Crippen LogP contribution in [0.4, 0.5) is 0 Å². The summed E-state index contributed by atoms with van der Waals surface area (Å²) in [6.45, 7) is 9.94. The summed E-state index contributed by atoms with van der Waals surface area (Å²) in [5.74, 6) is 0. The van der Waals surface area contributed by atoms with Gasteiger partial charge in [0.15, 0.2) is 6.29 Å². The molecule has 1 fully saturated rings. The van der Waals surface area contributed by atoms with Gasteiger partial charge < -0.3 is 96.5 Å². The summed E-state index contributed by atoms with van der Waals surface area (Å²) >= 11 is 0. The van der Waals surface area contributed by atoms with E-state index in [0.29, 0.717) is 33.0 Å². The van der Waals surface area contributed by atoms with Crippen molar-refractivity contribution < 1.29 is 215 Å². The molecule has 2 rings (SSSR count). The van der Waals surface area contributed by atoms with Gasteiger partial charge in [-0.2, -0.15) is 0 Å². The van der Waals surface area contributed by atoms with Crippen LogP contribution in [0.5, 0.6) is 0 Å². The van der Waals surface area contributed by atoms with Crippen LogP contribution in [0.15, 0.2) is 12.3 Å². The summed E-state index contributed by atoms with van der Waals surface area (Å²) in [5.41, 5.74) is 0. The average Bonchev–Trinajstić information content (AvgIpc) is 3.24. The molecule has 0 aliphatic carbocycles. The number of ether oxygens (including phenoxy) is 3. The smallest absolute Gasteiger partial charge is 1.00 e. The summed E-state index contributed by atoms with van der Waals surface area (Å²) in [5, 5.41) is 116. The summed E-state index contributed by atoms with van der Waals surface area (Å²) in [7, 11) is 0. The fourth-order valence-corrected chi connectivity index (χ4v) is 1.52. The Kier molecular flexibility index (Phi) is 218. The molecular weight excluding hydrogens is 788 g/mol. The molecule has 336 valence electrons. The van der Waals surface area contributed by atoms with E-state index < -0.39 is 0 Å². The average molecular weight is 877 g/mol. The molecule has 0 spiro atoms. The Morgan fingerprint density at radius 2 is 0.750 bits per heavy atom. The van der Waals surface area contributed by atoms with E-state index in [2.05, 4.69) is 0 Å². The maximum absolute atomic E-state index is 8.42. The largest absolute Gasteiger partial charge is 1.00 e. The summed E-state index contributed by atoms with van der Waals surface area (Å²) in [6, 6.07) is 0. The van der Waals surface area contributed by atoms with E-state index in [9.17, 15) is 0 Å². The minimum Gasteiger partial charge on any atom is -1.00 e. The fraction of sp³-hybridized carbons (Fsp3) is 0.941. The summed E-state index contributed by atoms with van der Waals surface area (Å²) in [4.78, 5) is 0. The number of hydrogen-bond donors (Lipinski definition) is 15. The van der Waals surface area contributed by atoms with Crippen LogP contribution in [0, 0.1) is 0 Å². The SMILES string of the molecule is C1=COCCC1.CCCO.CCCO.CCCO.CCCO.OCCO.OCCO.OCCO.OCCO.OCCO.OCCOC1CCCCO1.[H-].[H-].[H-].[H-].[Na+].[Na+].[Na+].[Na+]. The monoisotopic (exact) mass is 877 g/mol. The first kappa shape index (κ1) is 93.7. The number of aliphatic hydroxyl groups excluding tert-OH is 15. The van der Waals surface area contributed by atoms with Gasteiger partial charge in [-0.1, -0.05) is 27.7 Å². The second-order valence-electron chi connectivity index (χ2n) is 8.91. The van der Waals surface area contributed by atoms with E-state index in [1.807, 2.05) is 33.8 Å². The topological polar surface area (TPSA) is 331 Å². The van der Waals surface area contributed by atoms with E-state index in [0.717, 1.165) is 51.7 Å². The predicted molar refractivity (Wildman–Crippen MR) is 206 cm³/mol. The Morgan fingerprint density at radius 3 is 0.875 bits per heavy atom. The van der Waals surface area contributed by atoms with Crippen molar-refractivity contribution >= 4 is 0 Å². The Bertz CT molecular complexity index is 396. The van der Waals surface area contributed by atoms with Crippen LogP contribution in [0.1, 0.15) is 91.2 Å². The first-order valence-electron chi connectivity index (χ1n) is 17.8. The maximum Gasteiger partial charge on any atom is 1.00 e. The van der Waals surface area contributed by atoms with Gasteiger partial charge in [0.05, 0.1) is 92.2 Å². The van der Waals surface area contributed by atoms with Gasteiger partial charge in [0.2, 0.25) is 0 Å². The first-order chi connectivity index (χ1) is 25.2. The number of hydrogen-bond acceptors (Lipinski definition) is 18. The summed E-state index contributed by atoms with van der Waals surface area (Å²) < 4.78 is 15.3. The quantitative estimate of drug-likeness (QED) is 0.0810. The summed E-state index contributed by atoms with van der Waals surface area (Å²) in [6.07, 6.45) is 12.9. The maximum atomic E-state index is 8.42. The molecule has 1 atom stereocenters. The van der Waals surface area contributed by atoms with Gasteiger partial charge in [0.25, 0.3) is 0 Å². The van der Waals surface area contributed by atoms with Crippen molar-refractivity contribution in [1.82, 2.24) is 0 Å². The van der Waals surface area contributed by atoms with Crippen LogP contribution in [0.3, 0.4) is 0 Å². The molecule has 2 aliphatic heterocycles. The Morgan fingerprint density at radius 1 is 0.446 bits per heavy atom. The Balaban J connectivity index is -0.0000000227. The van der Waals surface area contributed by atoms with Crippen molar-refractivity contribution in [3.05, 3.63) is 12.3 Å².